The van der Waals surface area contributed by atoms with Crippen molar-refractivity contribution < 1.29 is 19.1 Å². The van der Waals surface area contributed by atoms with Gasteiger partial charge in [-0.1, -0.05) is 69.4 Å². The van der Waals surface area contributed by atoms with Gasteiger partial charge in [0.05, 0.1) is 15.2 Å². The van der Waals surface area contributed by atoms with Crippen LogP contribution in [0, 0.1) is 11.8 Å². The Kier molecular flexibility index (Phi) is 6.58. The highest BCUT2D eigenvalue weighted by atomic mass is 28.3. The summed E-state index contributed by atoms with van der Waals surface area (Å²) >= 11 is 0. The molecule has 1 aliphatic heterocycles. The molecule has 0 saturated carbocycles. The second kappa shape index (κ2) is 8.13. The highest BCUT2D eigenvalue weighted by Gasteiger charge is 2.64. The summed E-state index contributed by atoms with van der Waals surface area (Å²) in [4.78, 5) is 28.2. The molecule has 0 bridgehead atoms. The van der Waals surface area contributed by atoms with Crippen LogP contribution >= 0.6 is 0 Å². The van der Waals surface area contributed by atoms with Gasteiger partial charge >= 0.3 is 12.1 Å². The normalized spacial score (nSPS) is 25.2. The molecule has 0 spiro atoms. The number of ether oxygens (including phenoxy) is 2. The summed E-state index contributed by atoms with van der Waals surface area (Å²) in [6.45, 7) is 16.8. The smallest absolute Gasteiger partial charge is 0.411 e. The molecule has 0 aromatic heterocycles. The van der Waals surface area contributed by atoms with E-state index in [9.17, 15) is 9.59 Å². The van der Waals surface area contributed by atoms with Crippen LogP contribution in [0.4, 0.5) is 4.79 Å². The molecule has 0 aliphatic carbocycles. The Balaban J connectivity index is 2.59. The SMILES string of the molecule is COC(=O)[C@@]1(C(C)C)[C@@H](C)[C@@H]([Si](C)(C)c2ccccc2)CN1C(=O)OC(C)(C)C. The molecule has 29 heavy (non-hydrogen) atoms. The van der Waals surface area contributed by atoms with Crippen molar-refractivity contribution in [1.29, 1.82) is 0 Å². The van der Waals surface area contributed by atoms with Crippen LogP contribution in [0.25, 0.3) is 0 Å². The number of rotatable bonds is 4. The Labute approximate surface area is 176 Å². The van der Waals surface area contributed by atoms with Crippen LogP contribution in [0.3, 0.4) is 0 Å². The maximum Gasteiger partial charge on any atom is 0.411 e. The fourth-order valence-electron chi connectivity index (χ4n) is 5.07. The van der Waals surface area contributed by atoms with Crippen molar-refractivity contribution in [2.45, 2.75) is 71.3 Å². The van der Waals surface area contributed by atoms with E-state index in [4.69, 9.17) is 9.47 Å². The third-order valence-electron chi connectivity index (χ3n) is 6.57. The van der Waals surface area contributed by atoms with E-state index >= 15 is 0 Å². The quantitative estimate of drug-likeness (QED) is 0.535. The summed E-state index contributed by atoms with van der Waals surface area (Å²) in [7, 11) is -0.604. The summed E-state index contributed by atoms with van der Waals surface area (Å²) in [6, 6.07) is 10.5. The number of carbonyl (C=O) groups is 2. The van der Waals surface area contributed by atoms with E-state index < -0.39 is 25.3 Å². The lowest BCUT2D eigenvalue weighted by molar-refractivity contribution is -0.158. The van der Waals surface area contributed by atoms with Crippen LogP contribution in [0.2, 0.25) is 18.6 Å². The molecule has 1 heterocycles. The summed E-state index contributed by atoms with van der Waals surface area (Å²) in [5.74, 6) is -0.515. The number of methoxy groups -OCH3 is 1. The molecule has 3 atom stereocenters. The average Bonchev–Trinajstić information content (AvgIpc) is 2.95. The predicted molar refractivity (Wildman–Crippen MR) is 119 cm³/mol. The molecule has 0 N–H and O–H groups in total. The van der Waals surface area contributed by atoms with Crippen molar-refractivity contribution in [3.05, 3.63) is 30.3 Å². The van der Waals surface area contributed by atoms with Crippen molar-refractivity contribution >= 4 is 25.3 Å². The Morgan fingerprint density at radius 2 is 1.72 bits per heavy atom. The largest absolute Gasteiger partial charge is 0.467 e. The minimum Gasteiger partial charge on any atom is -0.467 e. The second-order valence-corrected chi connectivity index (χ2v) is 14.8. The topological polar surface area (TPSA) is 55.8 Å². The van der Waals surface area contributed by atoms with Gasteiger partial charge in [-0.2, -0.15) is 0 Å². The molecule has 6 heteroatoms. The Morgan fingerprint density at radius 1 is 1.17 bits per heavy atom. The number of benzene rings is 1. The molecule has 5 nitrogen and oxygen atoms in total. The predicted octanol–water partition coefficient (Wildman–Crippen LogP) is 4.43. The number of likely N-dealkylation sites (tertiary alicyclic amines) is 1. The van der Waals surface area contributed by atoms with Gasteiger partial charge in [0.25, 0.3) is 0 Å². The van der Waals surface area contributed by atoms with Crippen LogP contribution in [-0.2, 0) is 14.3 Å². The van der Waals surface area contributed by atoms with Crippen LogP contribution < -0.4 is 5.19 Å². The highest BCUT2D eigenvalue weighted by Crippen LogP contribution is 2.51. The molecular weight excluding hydrogens is 382 g/mol. The second-order valence-electron chi connectivity index (χ2n) is 10.0. The number of hydrogen-bond donors (Lipinski definition) is 0. The van der Waals surface area contributed by atoms with Crippen LogP contribution in [0.5, 0.6) is 0 Å². The first kappa shape index (κ1) is 23.5. The lowest BCUT2D eigenvalue weighted by atomic mass is 9.76. The maximum atomic E-state index is 13.3. The zero-order chi connectivity index (χ0) is 22.2. The van der Waals surface area contributed by atoms with E-state index in [2.05, 4.69) is 44.3 Å². The van der Waals surface area contributed by atoms with Crippen molar-refractivity contribution in [2.75, 3.05) is 13.7 Å². The first-order valence-electron chi connectivity index (χ1n) is 10.4. The van der Waals surface area contributed by atoms with Crippen molar-refractivity contribution in [1.82, 2.24) is 4.90 Å². The van der Waals surface area contributed by atoms with Gasteiger partial charge in [0.15, 0.2) is 0 Å². The summed E-state index contributed by atoms with van der Waals surface area (Å²) < 4.78 is 11.0. The molecule has 2 rings (SSSR count). The monoisotopic (exact) mass is 419 g/mol. The first-order valence-corrected chi connectivity index (χ1v) is 13.5. The molecule has 1 aliphatic rings. The number of carbonyl (C=O) groups excluding carboxylic acids is 2. The number of nitrogens with zero attached hydrogens (tertiary/aromatic N) is 1. The van der Waals surface area contributed by atoms with Gasteiger partial charge in [0.2, 0.25) is 0 Å². The van der Waals surface area contributed by atoms with Gasteiger partial charge in [-0.05, 0) is 38.1 Å². The van der Waals surface area contributed by atoms with E-state index in [1.807, 2.05) is 40.7 Å². The molecule has 1 aromatic rings. The fraction of sp³-hybridized carbons (Fsp3) is 0.652. The van der Waals surface area contributed by atoms with E-state index in [1.165, 1.54) is 12.3 Å². The van der Waals surface area contributed by atoms with Crippen molar-refractivity contribution in [3.8, 4) is 0 Å². The molecule has 162 valence electrons. The van der Waals surface area contributed by atoms with Crippen LogP contribution in [0.15, 0.2) is 30.3 Å². The number of esters is 1. The van der Waals surface area contributed by atoms with Crippen LogP contribution in [-0.4, -0.2) is 49.8 Å². The minimum absolute atomic E-state index is 0.0515. The summed E-state index contributed by atoms with van der Waals surface area (Å²) in [5, 5.41) is 1.32. The Hall–Kier alpha value is -1.82. The Morgan fingerprint density at radius 3 is 2.17 bits per heavy atom. The number of hydrogen-bond acceptors (Lipinski definition) is 4. The van der Waals surface area contributed by atoms with Crippen LogP contribution in [0.1, 0.15) is 41.5 Å². The molecule has 1 amide bonds. The van der Waals surface area contributed by atoms with Crippen molar-refractivity contribution in [2.24, 2.45) is 11.8 Å². The third-order valence-corrected chi connectivity index (χ3v) is 10.9. The standard InChI is InChI=1S/C23H37NO4Si/c1-16(2)23(20(25)27-7)17(3)19(15-24(23)21(26)28-22(4,5)6)29(8,9)18-13-11-10-12-14-18/h10-14,16-17,19H,15H2,1-9H3/t17-,19-,23+/m0/s1. The van der Waals surface area contributed by atoms with Gasteiger partial charge in [-0.3, -0.25) is 4.90 Å². The molecule has 1 fully saturated rings. The van der Waals surface area contributed by atoms with Gasteiger partial charge in [0, 0.05) is 6.54 Å². The molecule has 1 aromatic carbocycles. The van der Waals surface area contributed by atoms with Gasteiger partial charge < -0.3 is 9.47 Å². The molecular formula is C23H37NO4Si. The third kappa shape index (κ3) is 4.09. The zero-order valence-electron chi connectivity index (χ0n) is 19.4. The minimum atomic E-state index is -2.01. The molecule has 0 radical (unpaired) electrons. The summed E-state index contributed by atoms with van der Waals surface area (Å²) in [6.07, 6.45) is -0.441. The van der Waals surface area contributed by atoms with E-state index in [-0.39, 0.29) is 23.3 Å². The van der Waals surface area contributed by atoms with Gasteiger partial charge in [-0.15, -0.1) is 0 Å². The molecule has 0 unspecified atom stereocenters. The van der Waals surface area contributed by atoms with Crippen molar-refractivity contribution in [3.63, 3.8) is 0 Å². The fourth-order valence-corrected chi connectivity index (χ4v) is 8.69. The summed E-state index contributed by atoms with van der Waals surface area (Å²) in [5.41, 5.74) is -1.48. The van der Waals surface area contributed by atoms with E-state index in [0.717, 1.165) is 0 Å². The number of amides is 1. The Bertz CT molecular complexity index is 741. The lowest BCUT2D eigenvalue weighted by Gasteiger charge is -2.43. The zero-order valence-corrected chi connectivity index (χ0v) is 20.4. The van der Waals surface area contributed by atoms with Gasteiger partial charge in [-0.25, -0.2) is 9.59 Å². The average molecular weight is 420 g/mol. The van der Waals surface area contributed by atoms with E-state index in [1.54, 1.807) is 4.90 Å². The highest BCUT2D eigenvalue weighted by molar-refractivity contribution is 6.91. The van der Waals surface area contributed by atoms with E-state index in [0.29, 0.717) is 6.54 Å². The first-order chi connectivity index (χ1) is 13.3. The van der Waals surface area contributed by atoms with Gasteiger partial charge in [0.1, 0.15) is 11.1 Å². The maximum absolute atomic E-state index is 13.3. The lowest BCUT2D eigenvalue weighted by Crippen LogP contribution is -2.61. The molecule has 1 saturated heterocycles.